The van der Waals surface area contributed by atoms with E-state index in [9.17, 15) is 4.79 Å². The smallest absolute Gasteiger partial charge is 0.237 e. The number of hydrogen-bond donors (Lipinski definition) is 2. The Kier molecular flexibility index (Phi) is 3.56. The van der Waals surface area contributed by atoms with Crippen molar-refractivity contribution in [3.8, 4) is 0 Å². The van der Waals surface area contributed by atoms with Crippen LogP contribution in [-0.4, -0.2) is 40.5 Å². The maximum Gasteiger partial charge on any atom is 0.237 e. The first-order chi connectivity index (χ1) is 10.8. The number of benzene rings is 1. The van der Waals surface area contributed by atoms with Crippen molar-refractivity contribution in [2.45, 2.75) is 25.4 Å². The maximum absolute atomic E-state index is 12.2. The van der Waals surface area contributed by atoms with E-state index in [0.717, 1.165) is 49.2 Å². The molecule has 1 atom stereocenters. The van der Waals surface area contributed by atoms with Gasteiger partial charge in [-0.1, -0.05) is 12.1 Å². The minimum absolute atomic E-state index is 0.0104. The first kappa shape index (κ1) is 14.0. The van der Waals surface area contributed by atoms with Crippen LogP contribution in [0.5, 0.6) is 0 Å². The Bertz CT molecular complexity index is 696. The Morgan fingerprint density at radius 3 is 3.09 bits per heavy atom. The molecule has 1 unspecified atom stereocenters. The summed E-state index contributed by atoms with van der Waals surface area (Å²) in [5, 5.41) is 6.48. The molecule has 22 heavy (non-hydrogen) atoms. The molecule has 0 aliphatic carbocycles. The Morgan fingerprint density at radius 1 is 1.36 bits per heavy atom. The Hall–Kier alpha value is -1.57. The molecule has 0 saturated carbocycles. The molecule has 2 N–H and O–H groups in total. The van der Waals surface area contributed by atoms with Gasteiger partial charge in [0.15, 0.2) is 0 Å². The van der Waals surface area contributed by atoms with Crippen molar-refractivity contribution < 1.29 is 9.53 Å². The number of nitrogens with zero attached hydrogens (tertiary/aromatic N) is 2. The highest BCUT2D eigenvalue weighted by atomic mass is 32.1. The predicted octanol–water partition coefficient (Wildman–Crippen LogP) is 1.08. The highest BCUT2D eigenvalue weighted by Crippen LogP contribution is 2.37. The van der Waals surface area contributed by atoms with E-state index in [1.165, 1.54) is 11.7 Å². The van der Waals surface area contributed by atoms with Gasteiger partial charge in [0.05, 0.1) is 17.8 Å². The van der Waals surface area contributed by atoms with Gasteiger partial charge in [-0.25, -0.2) is 0 Å². The predicted molar refractivity (Wildman–Crippen MR) is 83.5 cm³/mol. The zero-order valence-corrected chi connectivity index (χ0v) is 13.0. The second-order valence-corrected chi connectivity index (χ2v) is 6.58. The van der Waals surface area contributed by atoms with Crippen molar-refractivity contribution in [2.24, 2.45) is 5.41 Å². The number of amides is 1. The van der Waals surface area contributed by atoms with E-state index >= 15 is 0 Å². The second-order valence-electron chi connectivity index (χ2n) is 6.06. The number of nitrogens with one attached hydrogen (secondary N) is 2. The summed E-state index contributed by atoms with van der Waals surface area (Å²) >= 11 is 1.22. The summed E-state index contributed by atoms with van der Waals surface area (Å²) in [7, 11) is 0. The van der Waals surface area contributed by atoms with Crippen molar-refractivity contribution in [1.29, 1.82) is 0 Å². The molecular weight excluding hydrogens is 300 g/mol. The molecule has 116 valence electrons. The second kappa shape index (κ2) is 5.57. The molecule has 2 saturated heterocycles. The molecule has 1 aromatic carbocycles. The van der Waals surface area contributed by atoms with Crippen LogP contribution in [0.1, 0.15) is 18.4 Å². The largest absolute Gasteiger partial charge is 0.381 e. The molecule has 1 aromatic heterocycles. The van der Waals surface area contributed by atoms with Gasteiger partial charge in [-0.05, 0) is 24.5 Å². The third kappa shape index (κ3) is 2.29. The monoisotopic (exact) mass is 318 g/mol. The summed E-state index contributed by atoms with van der Waals surface area (Å²) in [6.07, 6.45) is 1.84. The number of hydrogen-bond acceptors (Lipinski definition) is 6. The number of carbonyl (C=O) groups is 1. The topological polar surface area (TPSA) is 76.1 Å². The molecule has 7 heteroatoms. The van der Waals surface area contributed by atoms with Crippen LogP contribution in [0.3, 0.4) is 0 Å². The molecule has 2 aliphatic rings. The van der Waals surface area contributed by atoms with Gasteiger partial charge in [-0.3, -0.25) is 4.79 Å². The molecule has 2 fully saturated rings. The average molecular weight is 318 g/mol. The maximum atomic E-state index is 12.2. The summed E-state index contributed by atoms with van der Waals surface area (Å²) in [6, 6.07) is 5.84. The molecule has 6 nitrogen and oxygen atoms in total. The fraction of sp³-hybridized carbons (Fsp3) is 0.533. The van der Waals surface area contributed by atoms with Crippen LogP contribution in [-0.2, 0) is 16.1 Å². The van der Waals surface area contributed by atoms with E-state index < -0.39 is 0 Å². The molecule has 1 spiro atoms. The van der Waals surface area contributed by atoms with Gasteiger partial charge in [0.25, 0.3) is 0 Å². The zero-order valence-electron chi connectivity index (χ0n) is 12.2. The normalized spacial score (nSPS) is 24.0. The van der Waals surface area contributed by atoms with Crippen LogP contribution < -0.4 is 10.6 Å². The number of aromatic nitrogens is 2. The van der Waals surface area contributed by atoms with Gasteiger partial charge >= 0.3 is 0 Å². The summed E-state index contributed by atoms with van der Waals surface area (Å²) < 4.78 is 14.1. The van der Waals surface area contributed by atoms with Crippen LogP contribution in [0.4, 0.5) is 0 Å². The van der Waals surface area contributed by atoms with E-state index in [1.54, 1.807) is 0 Å². The van der Waals surface area contributed by atoms with E-state index in [-0.39, 0.29) is 17.4 Å². The fourth-order valence-corrected chi connectivity index (χ4v) is 4.08. The lowest BCUT2D eigenvalue weighted by Crippen LogP contribution is -2.49. The SMILES string of the molecule is O=C1NCC2(CCOCC2)C1NCc1cccc2nsnc12. The van der Waals surface area contributed by atoms with Crippen LogP contribution in [0.25, 0.3) is 11.0 Å². The molecular formula is C15H18N4O2S. The van der Waals surface area contributed by atoms with Crippen molar-refractivity contribution in [3.05, 3.63) is 23.8 Å². The van der Waals surface area contributed by atoms with Gasteiger partial charge in [0.2, 0.25) is 5.91 Å². The van der Waals surface area contributed by atoms with Gasteiger partial charge in [-0.15, -0.1) is 0 Å². The Balaban J connectivity index is 1.54. The van der Waals surface area contributed by atoms with Crippen LogP contribution >= 0.6 is 11.7 Å². The number of rotatable bonds is 3. The minimum Gasteiger partial charge on any atom is -0.381 e. The van der Waals surface area contributed by atoms with Crippen molar-refractivity contribution in [2.75, 3.05) is 19.8 Å². The third-order valence-corrected chi connectivity index (χ3v) is 5.39. The summed E-state index contributed by atoms with van der Waals surface area (Å²) in [6.45, 7) is 2.84. The number of fused-ring (bicyclic) bond motifs is 1. The van der Waals surface area contributed by atoms with E-state index in [4.69, 9.17) is 4.74 Å². The highest BCUT2D eigenvalue weighted by Gasteiger charge is 2.48. The lowest BCUT2D eigenvalue weighted by molar-refractivity contribution is -0.122. The Morgan fingerprint density at radius 2 is 2.23 bits per heavy atom. The summed E-state index contributed by atoms with van der Waals surface area (Å²) in [4.78, 5) is 12.2. The molecule has 1 amide bonds. The van der Waals surface area contributed by atoms with Crippen LogP contribution in [0, 0.1) is 5.41 Å². The molecule has 2 aromatic rings. The fourth-order valence-electron chi connectivity index (χ4n) is 3.51. The van der Waals surface area contributed by atoms with Gasteiger partial charge in [-0.2, -0.15) is 8.75 Å². The zero-order chi connectivity index (χ0) is 15.0. The van der Waals surface area contributed by atoms with Gasteiger partial charge in [0.1, 0.15) is 11.0 Å². The quantitative estimate of drug-likeness (QED) is 0.885. The standard InChI is InChI=1S/C15H18N4O2S/c20-14-13(15(9-17-14)4-6-21-7-5-15)16-8-10-2-1-3-11-12(10)19-22-18-11/h1-3,13,16H,4-9H2,(H,17,20). The van der Waals surface area contributed by atoms with Gasteiger partial charge < -0.3 is 15.4 Å². The number of ether oxygens (including phenoxy) is 1. The third-order valence-electron chi connectivity index (χ3n) is 4.84. The van der Waals surface area contributed by atoms with E-state index in [0.29, 0.717) is 6.54 Å². The summed E-state index contributed by atoms with van der Waals surface area (Å²) in [5.41, 5.74) is 2.93. The van der Waals surface area contributed by atoms with Crippen molar-refractivity contribution in [3.63, 3.8) is 0 Å². The molecule has 0 bridgehead atoms. The van der Waals surface area contributed by atoms with Crippen LogP contribution in [0.2, 0.25) is 0 Å². The molecule has 0 radical (unpaired) electrons. The Labute approximate surface area is 132 Å². The van der Waals surface area contributed by atoms with E-state index in [2.05, 4.69) is 19.4 Å². The first-order valence-corrected chi connectivity index (χ1v) is 8.31. The lowest BCUT2D eigenvalue weighted by Gasteiger charge is -2.36. The van der Waals surface area contributed by atoms with Crippen molar-refractivity contribution >= 4 is 28.7 Å². The van der Waals surface area contributed by atoms with Gasteiger partial charge in [0, 0.05) is 31.7 Å². The van der Waals surface area contributed by atoms with E-state index in [1.807, 2.05) is 18.2 Å². The lowest BCUT2D eigenvalue weighted by atomic mass is 9.76. The van der Waals surface area contributed by atoms with Crippen molar-refractivity contribution in [1.82, 2.24) is 19.4 Å². The van der Waals surface area contributed by atoms with Crippen LogP contribution in [0.15, 0.2) is 18.2 Å². The average Bonchev–Trinajstić information content (AvgIpc) is 3.13. The molecule has 2 aliphatic heterocycles. The number of carbonyl (C=O) groups excluding carboxylic acids is 1. The first-order valence-electron chi connectivity index (χ1n) is 7.58. The summed E-state index contributed by atoms with van der Waals surface area (Å²) in [5.74, 6) is 0.102. The highest BCUT2D eigenvalue weighted by molar-refractivity contribution is 7.00. The minimum atomic E-state index is -0.154. The molecule has 4 rings (SSSR count). The molecule has 3 heterocycles.